The first-order chi connectivity index (χ1) is 14.9. The van der Waals surface area contributed by atoms with Crippen LogP contribution in [-0.2, 0) is 0 Å². The number of rotatable bonds is 5. The number of methoxy groups -OCH3 is 1. The molecule has 0 saturated carbocycles. The molecule has 2 aromatic heterocycles. The molecule has 2 aromatic carbocycles. The van der Waals surface area contributed by atoms with Gasteiger partial charge in [0.15, 0.2) is 5.75 Å². The van der Waals surface area contributed by atoms with Crippen molar-refractivity contribution in [3.05, 3.63) is 90.0 Å². The number of hydrogen-bond donors (Lipinski definition) is 0. The van der Waals surface area contributed by atoms with Crippen molar-refractivity contribution in [3.63, 3.8) is 0 Å². The Bertz CT molecular complexity index is 1180. The second-order valence-corrected chi connectivity index (χ2v) is 6.94. The van der Waals surface area contributed by atoms with E-state index in [0.29, 0.717) is 16.9 Å². The van der Waals surface area contributed by atoms with E-state index in [9.17, 15) is 13.2 Å². The van der Waals surface area contributed by atoms with Gasteiger partial charge in [-0.15, -0.1) is 0 Å². The minimum atomic E-state index is -4.46. The number of ether oxygens (including phenoxy) is 1. The second kappa shape index (κ2) is 8.22. The molecule has 1 atom stereocenters. The average molecular weight is 424 g/mol. The molecule has 31 heavy (non-hydrogen) atoms. The Morgan fingerprint density at radius 2 is 1.58 bits per heavy atom. The van der Waals surface area contributed by atoms with Crippen LogP contribution in [0.3, 0.4) is 0 Å². The van der Waals surface area contributed by atoms with Crippen LogP contribution in [-0.4, -0.2) is 33.6 Å². The first-order valence-electron chi connectivity index (χ1n) is 9.56. The zero-order chi connectivity index (χ0) is 22.0. The molecule has 0 aliphatic heterocycles. The van der Waals surface area contributed by atoms with Crippen LogP contribution in [0, 0.1) is 0 Å². The van der Waals surface area contributed by atoms with Crippen molar-refractivity contribution < 1.29 is 17.9 Å². The zero-order valence-corrected chi connectivity index (χ0v) is 16.8. The van der Waals surface area contributed by atoms with Gasteiger partial charge in [0, 0.05) is 11.1 Å². The van der Waals surface area contributed by atoms with Crippen LogP contribution in [0.4, 0.5) is 18.9 Å². The molecule has 0 bridgehead atoms. The standard InChI is InChI=1S/C23H19F3N4O/c1-15(23(24,25)26)19-22(31-2)21-18(13-28-30(21)14-27-19)29-20(16-9-5-3-6-10-16)17-11-7-4-8-12-17/h3-15H,1-2H3. The molecule has 8 heteroatoms. The molecule has 0 aliphatic rings. The fraction of sp³-hybridized carbons (Fsp3) is 0.174. The summed E-state index contributed by atoms with van der Waals surface area (Å²) < 4.78 is 46.9. The van der Waals surface area contributed by atoms with Gasteiger partial charge in [-0.05, 0) is 6.92 Å². The van der Waals surface area contributed by atoms with Crippen LogP contribution in [0.25, 0.3) is 5.52 Å². The van der Waals surface area contributed by atoms with Crippen molar-refractivity contribution in [2.45, 2.75) is 19.0 Å². The summed E-state index contributed by atoms with van der Waals surface area (Å²) in [6, 6.07) is 19.1. The summed E-state index contributed by atoms with van der Waals surface area (Å²) in [7, 11) is 1.32. The second-order valence-electron chi connectivity index (χ2n) is 6.94. The van der Waals surface area contributed by atoms with Gasteiger partial charge in [0.05, 0.1) is 30.6 Å². The topological polar surface area (TPSA) is 51.8 Å². The van der Waals surface area contributed by atoms with Crippen LogP contribution in [0.2, 0.25) is 0 Å². The number of fused-ring (bicyclic) bond motifs is 1. The first kappa shape index (κ1) is 20.6. The quantitative estimate of drug-likeness (QED) is 0.394. The van der Waals surface area contributed by atoms with Crippen molar-refractivity contribution in [2.75, 3.05) is 7.11 Å². The molecule has 0 radical (unpaired) electrons. The molecular formula is C23H19F3N4O. The van der Waals surface area contributed by atoms with E-state index in [1.807, 2.05) is 60.7 Å². The highest BCUT2D eigenvalue weighted by Crippen LogP contribution is 2.41. The van der Waals surface area contributed by atoms with E-state index < -0.39 is 12.1 Å². The maximum Gasteiger partial charge on any atom is 0.397 e. The number of aliphatic imine (C=N–C) groups is 1. The molecule has 0 fully saturated rings. The zero-order valence-electron chi connectivity index (χ0n) is 16.8. The lowest BCUT2D eigenvalue weighted by atomic mass is 10.0. The first-order valence-corrected chi connectivity index (χ1v) is 9.56. The van der Waals surface area contributed by atoms with Gasteiger partial charge in [0.25, 0.3) is 0 Å². The van der Waals surface area contributed by atoms with Crippen molar-refractivity contribution in [3.8, 4) is 5.75 Å². The summed E-state index contributed by atoms with van der Waals surface area (Å²) in [5.74, 6) is -1.80. The lowest BCUT2D eigenvalue weighted by molar-refractivity contribution is -0.147. The number of hydrogen-bond acceptors (Lipinski definition) is 4. The maximum atomic E-state index is 13.4. The molecule has 4 rings (SSSR count). The van der Waals surface area contributed by atoms with E-state index in [1.165, 1.54) is 24.1 Å². The van der Waals surface area contributed by atoms with E-state index in [0.717, 1.165) is 18.1 Å². The normalized spacial score (nSPS) is 12.5. The maximum absolute atomic E-state index is 13.4. The molecule has 4 aromatic rings. The minimum Gasteiger partial charge on any atom is -0.492 e. The average Bonchev–Trinajstić information content (AvgIpc) is 3.19. The van der Waals surface area contributed by atoms with Crippen LogP contribution >= 0.6 is 0 Å². The molecule has 5 nitrogen and oxygen atoms in total. The monoisotopic (exact) mass is 424 g/mol. The van der Waals surface area contributed by atoms with Crippen LogP contribution in [0.5, 0.6) is 5.75 Å². The molecule has 0 saturated heterocycles. The largest absolute Gasteiger partial charge is 0.492 e. The van der Waals surface area contributed by atoms with Crippen LogP contribution in [0.15, 0.2) is 78.2 Å². The van der Waals surface area contributed by atoms with Gasteiger partial charge in [0.2, 0.25) is 0 Å². The Hall–Kier alpha value is -3.68. The van der Waals surface area contributed by atoms with Crippen molar-refractivity contribution in [1.29, 1.82) is 0 Å². The third-order valence-corrected chi connectivity index (χ3v) is 4.96. The van der Waals surface area contributed by atoms with Gasteiger partial charge in [-0.3, -0.25) is 0 Å². The molecule has 0 spiro atoms. The molecule has 0 aliphatic carbocycles. The molecule has 1 unspecified atom stereocenters. The fourth-order valence-corrected chi connectivity index (χ4v) is 3.31. The number of nitrogens with zero attached hydrogens (tertiary/aromatic N) is 4. The summed E-state index contributed by atoms with van der Waals surface area (Å²) in [5.41, 5.74) is 2.90. The number of aromatic nitrogens is 3. The Labute approximate surface area is 176 Å². The number of halogens is 3. The van der Waals surface area contributed by atoms with Gasteiger partial charge >= 0.3 is 6.18 Å². The van der Waals surface area contributed by atoms with Gasteiger partial charge < -0.3 is 4.74 Å². The fourth-order valence-electron chi connectivity index (χ4n) is 3.31. The Morgan fingerprint density at radius 1 is 1.00 bits per heavy atom. The summed E-state index contributed by atoms with van der Waals surface area (Å²) in [6.45, 7) is 1.06. The van der Waals surface area contributed by atoms with Crippen molar-refractivity contribution >= 4 is 16.9 Å². The van der Waals surface area contributed by atoms with E-state index in [1.54, 1.807) is 0 Å². The molecule has 0 N–H and O–H groups in total. The van der Waals surface area contributed by atoms with Gasteiger partial charge in [0.1, 0.15) is 17.5 Å². The van der Waals surface area contributed by atoms with Crippen LogP contribution < -0.4 is 4.74 Å². The van der Waals surface area contributed by atoms with Gasteiger partial charge in [-0.25, -0.2) is 14.5 Å². The van der Waals surface area contributed by atoms with Gasteiger partial charge in [-0.1, -0.05) is 60.7 Å². The van der Waals surface area contributed by atoms with E-state index in [2.05, 4.69) is 10.1 Å². The van der Waals surface area contributed by atoms with E-state index >= 15 is 0 Å². The SMILES string of the molecule is COc1c(C(C)C(F)(F)F)ncn2ncc(N=C(c3ccccc3)c3ccccc3)c12. The van der Waals surface area contributed by atoms with E-state index in [4.69, 9.17) is 9.73 Å². The summed E-state index contributed by atoms with van der Waals surface area (Å²) in [6.07, 6.45) is -1.71. The lowest BCUT2D eigenvalue weighted by Gasteiger charge is -2.18. The van der Waals surface area contributed by atoms with Crippen molar-refractivity contribution in [1.82, 2.24) is 14.6 Å². The van der Waals surface area contributed by atoms with Crippen LogP contribution in [0.1, 0.15) is 29.7 Å². The number of alkyl halides is 3. The number of benzene rings is 2. The van der Waals surface area contributed by atoms with Crippen molar-refractivity contribution in [2.24, 2.45) is 4.99 Å². The third-order valence-electron chi connectivity index (χ3n) is 4.96. The lowest BCUT2D eigenvalue weighted by Crippen LogP contribution is -2.20. The predicted molar refractivity (Wildman–Crippen MR) is 112 cm³/mol. The summed E-state index contributed by atoms with van der Waals surface area (Å²) in [5, 5.41) is 4.22. The molecule has 158 valence electrons. The minimum absolute atomic E-state index is 0.00375. The highest BCUT2D eigenvalue weighted by Gasteiger charge is 2.40. The summed E-state index contributed by atoms with van der Waals surface area (Å²) >= 11 is 0. The highest BCUT2D eigenvalue weighted by molar-refractivity contribution is 6.14. The molecular weight excluding hydrogens is 405 g/mol. The Balaban J connectivity index is 1.95. The highest BCUT2D eigenvalue weighted by atomic mass is 19.4. The third kappa shape index (κ3) is 4.01. The summed E-state index contributed by atoms with van der Waals surface area (Å²) in [4.78, 5) is 8.76. The smallest absolute Gasteiger partial charge is 0.397 e. The Kier molecular flexibility index (Phi) is 5.46. The molecule has 0 amide bonds. The molecule has 2 heterocycles. The van der Waals surface area contributed by atoms with Gasteiger partial charge in [-0.2, -0.15) is 18.3 Å². The Morgan fingerprint density at radius 3 is 2.10 bits per heavy atom. The predicted octanol–water partition coefficient (Wildman–Crippen LogP) is 5.57. The van der Waals surface area contributed by atoms with E-state index in [-0.39, 0.29) is 11.4 Å².